The molecule has 0 unspecified atom stereocenters. The van der Waals surface area contributed by atoms with E-state index in [4.69, 9.17) is 11.6 Å². The summed E-state index contributed by atoms with van der Waals surface area (Å²) in [5.74, 6) is 1.08. The monoisotopic (exact) mass is 394 g/mol. The number of benzene rings is 2. The maximum Gasteiger partial charge on any atom is 0.227 e. The molecule has 2 aromatic carbocycles. The number of imidazole rings is 1. The van der Waals surface area contributed by atoms with Crippen molar-refractivity contribution in [1.29, 1.82) is 0 Å². The molecule has 0 spiro atoms. The van der Waals surface area contributed by atoms with Crippen LogP contribution in [0.25, 0.3) is 5.69 Å². The topological polar surface area (TPSA) is 41.4 Å². The van der Waals surface area contributed by atoms with E-state index in [-0.39, 0.29) is 5.91 Å². The molecule has 28 heavy (non-hydrogen) atoms. The van der Waals surface area contributed by atoms with E-state index in [2.05, 4.69) is 45.6 Å². The number of anilines is 1. The van der Waals surface area contributed by atoms with Gasteiger partial charge in [0.25, 0.3) is 0 Å². The zero-order chi connectivity index (χ0) is 19.5. The number of aryl methyl sites for hydroxylation is 1. The van der Waals surface area contributed by atoms with Crippen LogP contribution in [-0.4, -0.2) is 46.5 Å². The molecule has 0 bridgehead atoms. The van der Waals surface area contributed by atoms with E-state index in [0.717, 1.165) is 30.3 Å². The lowest BCUT2D eigenvalue weighted by Crippen LogP contribution is -2.49. The van der Waals surface area contributed by atoms with Gasteiger partial charge in [-0.25, -0.2) is 4.98 Å². The van der Waals surface area contributed by atoms with Crippen molar-refractivity contribution in [1.82, 2.24) is 14.5 Å². The SMILES string of the molecule is Cc1ccc(-n2ccnc2N2CCN(C(=O)Cc3ccc(Cl)cc3)CC2)cc1. The van der Waals surface area contributed by atoms with Crippen molar-refractivity contribution in [2.24, 2.45) is 0 Å². The lowest BCUT2D eigenvalue weighted by molar-refractivity contribution is -0.130. The van der Waals surface area contributed by atoms with E-state index in [0.29, 0.717) is 24.5 Å². The van der Waals surface area contributed by atoms with Crippen LogP contribution in [0.1, 0.15) is 11.1 Å². The molecule has 0 atom stereocenters. The van der Waals surface area contributed by atoms with Gasteiger partial charge in [-0.1, -0.05) is 41.4 Å². The molecule has 3 aromatic rings. The van der Waals surface area contributed by atoms with Crippen molar-refractivity contribution in [3.63, 3.8) is 0 Å². The van der Waals surface area contributed by atoms with Gasteiger partial charge in [-0.05, 0) is 36.8 Å². The van der Waals surface area contributed by atoms with Crippen LogP contribution in [0.5, 0.6) is 0 Å². The van der Waals surface area contributed by atoms with Gasteiger partial charge in [-0.3, -0.25) is 9.36 Å². The number of hydrogen-bond donors (Lipinski definition) is 0. The second-order valence-corrected chi connectivity index (χ2v) is 7.54. The molecule has 0 aliphatic carbocycles. The van der Waals surface area contributed by atoms with Crippen LogP contribution in [0.4, 0.5) is 5.95 Å². The molecule has 0 saturated carbocycles. The molecule has 1 aliphatic rings. The number of amides is 1. The Hall–Kier alpha value is -2.79. The van der Waals surface area contributed by atoms with E-state index >= 15 is 0 Å². The molecule has 1 saturated heterocycles. The largest absolute Gasteiger partial charge is 0.339 e. The standard InChI is InChI=1S/C22H23ClN4O/c1-17-2-8-20(9-3-17)27-11-10-24-22(27)26-14-12-25(13-15-26)21(28)16-18-4-6-19(23)7-5-18/h2-11H,12-16H2,1H3. The lowest BCUT2D eigenvalue weighted by Gasteiger charge is -2.35. The minimum Gasteiger partial charge on any atom is -0.339 e. The van der Waals surface area contributed by atoms with Gasteiger partial charge >= 0.3 is 0 Å². The number of hydrogen-bond acceptors (Lipinski definition) is 3. The molecule has 0 radical (unpaired) electrons. The van der Waals surface area contributed by atoms with Crippen LogP contribution in [0.2, 0.25) is 5.02 Å². The van der Waals surface area contributed by atoms with Gasteiger partial charge in [0.05, 0.1) is 6.42 Å². The van der Waals surface area contributed by atoms with Gasteiger partial charge in [-0.2, -0.15) is 0 Å². The van der Waals surface area contributed by atoms with Crippen molar-refractivity contribution >= 4 is 23.5 Å². The smallest absolute Gasteiger partial charge is 0.227 e. The Balaban J connectivity index is 1.39. The van der Waals surface area contributed by atoms with Gasteiger partial charge in [0.15, 0.2) is 0 Å². The predicted molar refractivity (Wildman–Crippen MR) is 112 cm³/mol. The Bertz CT molecular complexity index is 941. The molecule has 1 fully saturated rings. The first-order chi connectivity index (χ1) is 13.6. The number of rotatable bonds is 4. The maximum absolute atomic E-state index is 12.6. The number of nitrogens with zero attached hydrogens (tertiary/aromatic N) is 4. The molecule has 2 heterocycles. The first kappa shape index (κ1) is 18.6. The number of piperazine rings is 1. The van der Waals surface area contributed by atoms with Crippen LogP contribution >= 0.6 is 11.6 Å². The molecule has 1 aromatic heterocycles. The van der Waals surface area contributed by atoms with Gasteiger partial charge < -0.3 is 9.80 Å². The Morgan fingerprint density at radius 3 is 2.36 bits per heavy atom. The predicted octanol–water partition coefficient (Wildman–Crippen LogP) is 3.73. The first-order valence-corrected chi connectivity index (χ1v) is 9.85. The minimum absolute atomic E-state index is 0.156. The second kappa shape index (κ2) is 8.07. The molecular formula is C22H23ClN4O. The fraction of sp³-hybridized carbons (Fsp3) is 0.273. The Labute approximate surface area is 170 Å². The van der Waals surface area contributed by atoms with Crippen LogP contribution < -0.4 is 4.90 Å². The average Bonchev–Trinajstić information content (AvgIpc) is 3.20. The van der Waals surface area contributed by atoms with Crippen molar-refractivity contribution in [2.45, 2.75) is 13.3 Å². The van der Waals surface area contributed by atoms with Crippen molar-refractivity contribution in [3.8, 4) is 5.69 Å². The summed E-state index contributed by atoms with van der Waals surface area (Å²) in [6.45, 7) is 5.03. The van der Waals surface area contributed by atoms with Gasteiger partial charge in [0.2, 0.25) is 11.9 Å². The zero-order valence-electron chi connectivity index (χ0n) is 15.9. The summed E-state index contributed by atoms with van der Waals surface area (Å²) in [5, 5.41) is 0.689. The Morgan fingerprint density at radius 2 is 1.68 bits per heavy atom. The lowest BCUT2D eigenvalue weighted by atomic mass is 10.1. The highest BCUT2D eigenvalue weighted by atomic mass is 35.5. The number of carbonyl (C=O) groups is 1. The van der Waals surface area contributed by atoms with Crippen LogP contribution in [-0.2, 0) is 11.2 Å². The normalized spacial score (nSPS) is 14.4. The fourth-order valence-electron chi connectivity index (χ4n) is 3.48. The molecule has 6 heteroatoms. The third-order valence-electron chi connectivity index (χ3n) is 5.12. The molecule has 1 aliphatic heterocycles. The molecule has 5 nitrogen and oxygen atoms in total. The summed E-state index contributed by atoms with van der Waals surface area (Å²) < 4.78 is 2.10. The summed E-state index contributed by atoms with van der Waals surface area (Å²) in [7, 11) is 0. The van der Waals surface area contributed by atoms with Crippen LogP contribution in [0, 0.1) is 6.92 Å². The molecule has 1 amide bonds. The first-order valence-electron chi connectivity index (χ1n) is 9.48. The quantitative estimate of drug-likeness (QED) is 0.677. The van der Waals surface area contributed by atoms with E-state index in [1.165, 1.54) is 5.56 Å². The third kappa shape index (κ3) is 4.04. The van der Waals surface area contributed by atoms with E-state index in [9.17, 15) is 4.79 Å². The van der Waals surface area contributed by atoms with Gasteiger partial charge in [-0.15, -0.1) is 0 Å². The molecule has 144 valence electrons. The second-order valence-electron chi connectivity index (χ2n) is 7.10. The van der Waals surface area contributed by atoms with Crippen LogP contribution in [0.3, 0.4) is 0 Å². The van der Waals surface area contributed by atoms with Crippen molar-refractivity contribution < 1.29 is 4.79 Å². The highest BCUT2D eigenvalue weighted by molar-refractivity contribution is 6.30. The zero-order valence-corrected chi connectivity index (χ0v) is 16.6. The average molecular weight is 395 g/mol. The van der Waals surface area contributed by atoms with E-state index in [1.807, 2.05) is 41.6 Å². The van der Waals surface area contributed by atoms with Crippen LogP contribution in [0.15, 0.2) is 60.9 Å². The summed E-state index contributed by atoms with van der Waals surface area (Å²) in [4.78, 5) is 21.4. The highest BCUT2D eigenvalue weighted by Crippen LogP contribution is 2.20. The number of carbonyl (C=O) groups excluding carboxylic acids is 1. The molecular weight excluding hydrogens is 372 g/mol. The summed E-state index contributed by atoms with van der Waals surface area (Å²) in [6, 6.07) is 15.9. The number of aromatic nitrogens is 2. The summed E-state index contributed by atoms with van der Waals surface area (Å²) in [6.07, 6.45) is 4.22. The summed E-state index contributed by atoms with van der Waals surface area (Å²) >= 11 is 5.92. The van der Waals surface area contributed by atoms with Crippen molar-refractivity contribution in [3.05, 3.63) is 77.1 Å². The number of halogens is 1. The van der Waals surface area contributed by atoms with Gasteiger partial charge in [0, 0.05) is 49.3 Å². The fourth-order valence-corrected chi connectivity index (χ4v) is 3.61. The minimum atomic E-state index is 0.156. The Kier molecular flexibility index (Phi) is 5.35. The molecule has 4 rings (SSSR count). The maximum atomic E-state index is 12.6. The van der Waals surface area contributed by atoms with E-state index < -0.39 is 0 Å². The van der Waals surface area contributed by atoms with E-state index in [1.54, 1.807) is 0 Å². The van der Waals surface area contributed by atoms with Gasteiger partial charge in [0.1, 0.15) is 0 Å². The molecule has 0 N–H and O–H groups in total. The highest BCUT2D eigenvalue weighted by Gasteiger charge is 2.23. The van der Waals surface area contributed by atoms with Crippen molar-refractivity contribution in [2.75, 3.05) is 31.1 Å². The summed E-state index contributed by atoms with van der Waals surface area (Å²) in [5.41, 5.74) is 3.32. The third-order valence-corrected chi connectivity index (χ3v) is 5.37. The Morgan fingerprint density at radius 1 is 1.00 bits per heavy atom.